The van der Waals surface area contributed by atoms with E-state index in [1.54, 1.807) is 6.07 Å². The minimum Gasteiger partial charge on any atom is -0.496 e. The fourth-order valence-electron chi connectivity index (χ4n) is 1.45. The molecule has 20 heavy (non-hydrogen) atoms. The molecule has 0 spiro atoms. The molecule has 0 fully saturated rings. The number of anilines is 1. The van der Waals surface area contributed by atoms with Crippen LogP contribution in [-0.2, 0) is 14.3 Å². The summed E-state index contributed by atoms with van der Waals surface area (Å²) in [5, 5.41) is 0. The first-order valence-corrected chi connectivity index (χ1v) is 6.34. The Labute approximate surface area is 117 Å². The van der Waals surface area contributed by atoms with Gasteiger partial charge in [0.15, 0.2) is 6.61 Å². The van der Waals surface area contributed by atoms with Crippen molar-refractivity contribution in [1.29, 1.82) is 0 Å². The number of hydrogen-bond donors (Lipinski definition) is 1. The summed E-state index contributed by atoms with van der Waals surface area (Å²) < 4.78 is 14.8. The number of carbonyl (C=O) groups excluding carboxylic acids is 2. The molecule has 0 amide bonds. The second-order valence-electron chi connectivity index (χ2n) is 4.11. The van der Waals surface area contributed by atoms with Gasteiger partial charge in [-0.2, -0.15) is 0 Å². The van der Waals surface area contributed by atoms with E-state index in [1.807, 2.05) is 6.92 Å². The number of rotatable bonds is 7. The largest absolute Gasteiger partial charge is 0.496 e. The zero-order chi connectivity index (χ0) is 15.0. The summed E-state index contributed by atoms with van der Waals surface area (Å²) in [6.07, 6.45) is 1.71. The maximum Gasteiger partial charge on any atom is 0.344 e. The Hall–Kier alpha value is -2.24. The highest BCUT2D eigenvalue weighted by Crippen LogP contribution is 2.22. The molecule has 6 nitrogen and oxygen atoms in total. The van der Waals surface area contributed by atoms with E-state index in [2.05, 4.69) is 0 Å². The molecule has 0 saturated heterocycles. The Morgan fingerprint density at radius 1 is 1.25 bits per heavy atom. The number of benzene rings is 1. The van der Waals surface area contributed by atoms with Crippen LogP contribution >= 0.6 is 0 Å². The number of esters is 2. The molecule has 0 saturated carbocycles. The first-order chi connectivity index (χ1) is 9.58. The molecule has 0 unspecified atom stereocenters. The van der Waals surface area contributed by atoms with Gasteiger partial charge in [-0.15, -0.1) is 0 Å². The third kappa shape index (κ3) is 4.79. The van der Waals surface area contributed by atoms with Crippen LogP contribution in [0.25, 0.3) is 0 Å². The molecular formula is C14H19NO5. The molecule has 2 N–H and O–H groups in total. The van der Waals surface area contributed by atoms with E-state index in [1.165, 1.54) is 19.2 Å². The summed E-state index contributed by atoms with van der Waals surface area (Å²) in [6, 6.07) is 4.55. The summed E-state index contributed by atoms with van der Waals surface area (Å²) >= 11 is 0. The number of nitrogen functional groups attached to an aromatic ring is 1. The smallest absolute Gasteiger partial charge is 0.344 e. The number of unbranched alkanes of at least 4 members (excludes halogenated alkanes) is 1. The van der Waals surface area contributed by atoms with Gasteiger partial charge in [-0.05, 0) is 18.6 Å². The fourth-order valence-corrected chi connectivity index (χ4v) is 1.45. The van der Waals surface area contributed by atoms with E-state index in [0.717, 1.165) is 12.8 Å². The van der Waals surface area contributed by atoms with Gasteiger partial charge in [-0.25, -0.2) is 9.59 Å². The van der Waals surface area contributed by atoms with Crippen molar-refractivity contribution in [3.05, 3.63) is 23.8 Å². The number of hydrogen-bond acceptors (Lipinski definition) is 6. The molecular weight excluding hydrogens is 262 g/mol. The number of methoxy groups -OCH3 is 1. The lowest BCUT2D eigenvalue weighted by molar-refractivity contribution is -0.147. The minimum atomic E-state index is -0.658. The Morgan fingerprint density at radius 2 is 2.00 bits per heavy atom. The van der Waals surface area contributed by atoms with Crippen molar-refractivity contribution < 1.29 is 23.8 Å². The number of ether oxygens (including phenoxy) is 3. The standard InChI is InChI=1S/C14H19NO5/c1-3-4-7-19-13(16)9-20-14(17)11-6-5-10(15)8-12(11)18-2/h5-6,8H,3-4,7,9,15H2,1-2H3. The molecule has 1 aromatic carbocycles. The monoisotopic (exact) mass is 281 g/mol. The molecule has 6 heteroatoms. The lowest BCUT2D eigenvalue weighted by Gasteiger charge is -2.09. The molecule has 110 valence electrons. The van der Waals surface area contributed by atoms with E-state index >= 15 is 0 Å². The van der Waals surface area contributed by atoms with E-state index in [-0.39, 0.29) is 5.56 Å². The van der Waals surface area contributed by atoms with Crippen LogP contribution in [0.5, 0.6) is 5.75 Å². The second-order valence-corrected chi connectivity index (χ2v) is 4.11. The lowest BCUT2D eigenvalue weighted by atomic mass is 10.2. The van der Waals surface area contributed by atoms with E-state index in [4.69, 9.17) is 19.9 Å². The van der Waals surface area contributed by atoms with Gasteiger partial charge in [0.05, 0.1) is 13.7 Å². The zero-order valence-electron chi connectivity index (χ0n) is 11.7. The first-order valence-electron chi connectivity index (χ1n) is 6.34. The normalized spacial score (nSPS) is 9.90. The van der Waals surface area contributed by atoms with E-state index in [0.29, 0.717) is 18.0 Å². The van der Waals surface area contributed by atoms with Gasteiger partial charge in [0, 0.05) is 11.8 Å². The average molecular weight is 281 g/mol. The minimum absolute atomic E-state index is 0.211. The van der Waals surface area contributed by atoms with Crippen LogP contribution < -0.4 is 10.5 Å². The van der Waals surface area contributed by atoms with Crippen molar-refractivity contribution in [1.82, 2.24) is 0 Å². The van der Waals surface area contributed by atoms with Gasteiger partial charge in [0.2, 0.25) is 0 Å². The van der Waals surface area contributed by atoms with Crippen molar-refractivity contribution in [2.24, 2.45) is 0 Å². The van der Waals surface area contributed by atoms with E-state index < -0.39 is 18.5 Å². The van der Waals surface area contributed by atoms with Gasteiger partial charge in [0.25, 0.3) is 0 Å². The summed E-state index contributed by atoms with van der Waals surface area (Å²) in [5.41, 5.74) is 6.27. The summed E-state index contributed by atoms with van der Waals surface area (Å²) in [4.78, 5) is 23.1. The van der Waals surface area contributed by atoms with Crippen molar-refractivity contribution in [2.75, 3.05) is 26.1 Å². The maximum absolute atomic E-state index is 11.8. The number of nitrogens with two attached hydrogens (primary N) is 1. The van der Waals surface area contributed by atoms with Gasteiger partial charge < -0.3 is 19.9 Å². The van der Waals surface area contributed by atoms with Crippen molar-refractivity contribution in [2.45, 2.75) is 19.8 Å². The highest BCUT2D eigenvalue weighted by molar-refractivity contribution is 5.94. The van der Waals surface area contributed by atoms with Gasteiger partial charge in [-0.3, -0.25) is 0 Å². The highest BCUT2D eigenvalue weighted by Gasteiger charge is 2.15. The molecule has 0 aliphatic carbocycles. The Morgan fingerprint density at radius 3 is 2.65 bits per heavy atom. The van der Waals surface area contributed by atoms with Crippen molar-refractivity contribution in [3.8, 4) is 5.75 Å². The van der Waals surface area contributed by atoms with Crippen LogP contribution in [0, 0.1) is 0 Å². The summed E-state index contributed by atoms with van der Waals surface area (Å²) in [5.74, 6) is -0.926. The molecule has 0 aliphatic rings. The molecule has 0 radical (unpaired) electrons. The molecule has 0 aromatic heterocycles. The quantitative estimate of drug-likeness (QED) is 0.465. The predicted molar refractivity (Wildman–Crippen MR) is 73.6 cm³/mol. The average Bonchev–Trinajstić information content (AvgIpc) is 2.44. The molecule has 1 rings (SSSR count). The van der Waals surface area contributed by atoms with Crippen molar-refractivity contribution >= 4 is 17.6 Å². The van der Waals surface area contributed by atoms with Crippen LogP contribution in [0.1, 0.15) is 30.1 Å². The third-order valence-corrected chi connectivity index (χ3v) is 2.53. The number of carbonyl (C=O) groups is 2. The molecule has 0 atom stereocenters. The zero-order valence-corrected chi connectivity index (χ0v) is 11.7. The maximum atomic E-state index is 11.8. The van der Waals surface area contributed by atoms with Crippen molar-refractivity contribution in [3.63, 3.8) is 0 Å². The molecule has 0 bridgehead atoms. The first kappa shape index (κ1) is 15.8. The van der Waals surface area contributed by atoms with Crippen LogP contribution in [0.3, 0.4) is 0 Å². The topological polar surface area (TPSA) is 87.9 Å². The summed E-state index contributed by atoms with van der Waals surface area (Å²) in [7, 11) is 1.42. The Kier molecular flexibility index (Phi) is 6.36. The lowest BCUT2D eigenvalue weighted by Crippen LogP contribution is -2.17. The highest BCUT2D eigenvalue weighted by atomic mass is 16.6. The Balaban J connectivity index is 2.52. The van der Waals surface area contributed by atoms with Crippen LogP contribution in [0.4, 0.5) is 5.69 Å². The SMILES string of the molecule is CCCCOC(=O)COC(=O)c1ccc(N)cc1OC. The third-order valence-electron chi connectivity index (χ3n) is 2.53. The Bertz CT molecular complexity index is 473. The van der Waals surface area contributed by atoms with Crippen LogP contribution in [-0.4, -0.2) is 32.3 Å². The molecule has 0 aliphatic heterocycles. The van der Waals surface area contributed by atoms with Gasteiger partial charge in [0.1, 0.15) is 11.3 Å². The second kappa shape index (κ2) is 8.04. The molecule has 1 aromatic rings. The van der Waals surface area contributed by atoms with E-state index in [9.17, 15) is 9.59 Å². The summed E-state index contributed by atoms with van der Waals surface area (Å²) in [6.45, 7) is 1.90. The fraction of sp³-hybridized carbons (Fsp3) is 0.429. The predicted octanol–water partition coefficient (Wildman–Crippen LogP) is 1.78. The van der Waals surface area contributed by atoms with Crippen LogP contribution in [0.15, 0.2) is 18.2 Å². The van der Waals surface area contributed by atoms with Crippen LogP contribution in [0.2, 0.25) is 0 Å². The molecule has 0 heterocycles. The van der Waals surface area contributed by atoms with Gasteiger partial charge in [-0.1, -0.05) is 13.3 Å². The van der Waals surface area contributed by atoms with Gasteiger partial charge >= 0.3 is 11.9 Å².